The molecule has 1 amide bonds. The highest BCUT2D eigenvalue weighted by Crippen LogP contribution is 2.27. The molecule has 1 saturated heterocycles. The number of hydrogen-bond acceptors (Lipinski definition) is 4. The Hall–Kier alpha value is -1.20. The van der Waals surface area contributed by atoms with Crippen molar-refractivity contribution in [3.05, 3.63) is 22.2 Å². The van der Waals surface area contributed by atoms with Gasteiger partial charge in [-0.3, -0.25) is 4.79 Å². The third-order valence-electron chi connectivity index (χ3n) is 3.41. The van der Waals surface area contributed by atoms with Crippen LogP contribution in [0.3, 0.4) is 0 Å². The molecular weight excluding hydrogens is 272 g/mol. The molecular formula is C15H22N2O2S. The normalized spacial score (nSPS) is 20.0. The van der Waals surface area contributed by atoms with Crippen LogP contribution in [0.4, 0.5) is 0 Å². The summed E-state index contributed by atoms with van der Waals surface area (Å²) in [6, 6.07) is 0. The summed E-state index contributed by atoms with van der Waals surface area (Å²) in [6.45, 7) is 7.95. The molecule has 0 saturated carbocycles. The summed E-state index contributed by atoms with van der Waals surface area (Å²) >= 11 is 1.62. The average molecular weight is 294 g/mol. The monoisotopic (exact) mass is 294 g/mol. The predicted octanol–water partition coefficient (Wildman–Crippen LogP) is 2.29. The second-order valence-electron chi connectivity index (χ2n) is 6.27. The lowest BCUT2D eigenvalue weighted by atomic mass is 9.98. The molecule has 1 atom stereocenters. The fourth-order valence-corrected chi connectivity index (χ4v) is 3.03. The minimum Gasteiger partial charge on any atom is -0.396 e. The summed E-state index contributed by atoms with van der Waals surface area (Å²) in [4.78, 5) is 19.2. The van der Waals surface area contributed by atoms with Crippen molar-refractivity contribution in [3.63, 3.8) is 0 Å². The molecule has 0 radical (unpaired) electrons. The van der Waals surface area contributed by atoms with Gasteiger partial charge in [-0.05, 0) is 12.5 Å². The Balaban J connectivity index is 1.96. The fraction of sp³-hybridized carbons (Fsp3) is 0.600. The van der Waals surface area contributed by atoms with Crippen LogP contribution < -0.4 is 0 Å². The molecule has 20 heavy (non-hydrogen) atoms. The molecule has 0 spiro atoms. The fourth-order valence-electron chi connectivity index (χ4n) is 2.15. The summed E-state index contributed by atoms with van der Waals surface area (Å²) in [6.07, 6.45) is 6.15. The molecule has 4 nitrogen and oxygen atoms in total. The van der Waals surface area contributed by atoms with Gasteiger partial charge in [-0.1, -0.05) is 20.8 Å². The topological polar surface area (TPSA) is 53.4 Å². The van der Waals surface area contributed by atoms with E-state index in [0.29, 0.717) is 6.54 Å². The molecule has 0 bridgehead atoms. The summed E-state index contributed by atoms with van der Waals surface area (Å²) in [7, 11) is 0. The van der Waals surface area contributed by atoms with E-state index in [0.717, 1.165) is 22.9 Å². The molecule has 2 rings (SSSR count). The Labute approximate surface area is 124 Å². The highest BCUT2D eigenvalue weighted by Gasteiger charge is 2.24. The summed E-state index contributed by atoms with van der Waals surface area (Å²) in [5.41, 5.74) is 0.0457. The van der Waals surface area contributed by atoms with Crippen molar-refractivity contribution in [1.82, 2.24) is 9.88 Å². The van der Waals surface area contributed by atoms with Crippen molar-refractivity contribution in [1.29, 1.82) is 0 Å². The first-order chi connectivity index (χ1) is 9.40. The first-order valence-corrected chi connectivity index (χ1v) is 7.76. The molecule has 0 aromatic carbocycles. The standard InChI is InChI=1S/C15H22N2O2S/c1-15(2,3)14-16-8-12(20-14)4-5-13(19)17-7-6-11(9-17)10-18/h4-5,8,11,18H,6-7,9-10H2,1-3H3/b5-4+. The van der Waals surface area contributed by atoms with Crippen LogP contribution in [0.1, 0.15) is 37.1 Å². The molecule has 110 valence electrons. The quantitative estimate of drug-likeness (QED) is 0.870. The molecule has 1 N–H and O–H groups in total. The van der Waals surface area contributed by atoms with Crippen LogP contribution in [0.2, 0.25) is 0 Å². The van der Waals surface area contributed by atoms with Gasteiger partial charge in [0.25, 0.3) is 0 Å². The third kappa shape index (κ3) is 3.67. The second-order valence-corrected chi connectivity index (χ2v) is 7.33. The lowest BCUT2D eigenvalue weighted by Crippen LogP contribution is -2.27. The van der Waals surface area contributed by atoms with Gasteiger partial charge >= 0.3 is 0 Å². The van der Waals surface area contributed by atoms with Crippen LogP contribution in [0.25, 0.3) is 6.08 Å². The van der Waals surface area contributed by atoms with Crippen molar-refractivity contribution in [2.75, 3.05) is 19.7 Å². The lowest BCUT2D eigenvalue weighted by molar-refractivity contribution is -0.125. The number of carbonyl (C=O) groups is 1. The van der Waals surface area contributed by atoms with Gasteiger partial charge < -0.3 is 10.0 Å². The maximum absolute atomic E-state index is 12.0. The van der Waals surface area contributed by atoms with Gasteiger partial charge in [0.15, 0.2) is 0 Å². The molecule has 2 heterocycles. The van der Waals surface area contributed by atoms with Gasteiger partial charge in [-0.2, -0.15) is 0 Å². The number of likely N-dealkylation sites (tertiary alicyclic amines) is 1. The smallest absolute Gasteiger partial charge is 0.246 e. The van der Waals surface area contributed by atoms with Gasteiger partial charge in [0.05, 0.1) is 5.01 Å². The Morgan fingerprint density at radius 1 is 1.60 bits per heavy atom. The van der Waals surface area contributed by atoms with Crippen molar-refractivity contribution in [3.8, 4) is 0 Å². The van der Waals surface area contributed by atoms with E-state index in [1.165, 1.54) is 0 Å². The minimum atomic E-state index is 0.0201. The van der Waals surface area contributed by atoms with Crippen LogP contribution >= 0.6 is 11.3 Å². The van der Waals surface area contributed by atoms with E-state index in [-0.39, 0.29) is 23.8 Å². The maximum atomic E-state index is 12.0. The highest BCUT2D eigenvalue weighted by molar-refractivity contribution is 7.12. The van der Waals surface area contributed by atoms with Gasteiger partial charge in [0.2, 0.25) is 5.91 Å². The Morgan fingerprint density at radius 3 is 2.90 bits per heavy atom. The molecule has 1 unspecified atom stereocenters. The van der Waals surface area contributed by atoms with Gasteiger partial charge in [0.1, 0.15) is 0 Å². The number of carbonyl (C=O) groups excluding carboxylic acids is 1. The van der Waals surface area contributed by atoms with E-state index in [1.54, 1.807) is 22.3 Å². The number of aromatic nitrogens is 1. The molecule has 0 aliphatic carbocycles. The Kier molecular flexibility index (Phi) is 4.60. The zero-order valence-electron chi connectivity index (χ0n) is 12.3. The maximum Gasteiger partial charge on any atom is 0.246 e. The van der Waals surface area contributed by atoms with Gasteiger partial charge in [-0.15, -0.1) is 11.3 Å². The molecule has 1 aromatic rings. The van der Waals surface area contributed by atoms with E-state index in [4.69, 9.17) is 5.11 Å². The number of nitrogens with zero attached hydrogens (tertiary/aromatic N) is 2. The molecule has 1 aliphatic heterocycles. The summed E-state index contributed by atoms with van der Waals surface area (Å²) < 4.78 is 0. The number of aliphatic hydroxyl groups is 1. The Bertz CT molecular complexity index is 502. The van der Waals surface area contributed by atoms with Crippen LogP contribution in [-0.4, -0.2) is 40.6 Å². The molecule has 1 aliphatic rings. The lowest BCUT2D eigenvalue weighted by Gasteiger charge is -2.13. The van der Waals surface area contributed by atoms with Crippen molar-refractivity contribution in [2.45, 2.75) is 32.6 Å². The zero-order chi connectivity index (χ0) is 14.8. The van der Waals surface area contributed by atoms with Crippen molar-refractivity contribution in [2.24, 2.45) is 5.92 Å². The average Bonchev–Trinajstić information content (AvgIpc) is 3.04. The number of hydrogen-bond donors (Lipinski definition) is 1. The molecule has 1 aromatic heterocycles. The minimum absolute atomic E-state index is 0.0201. The van der Waals surface area contributed by atoms with Crippen molar-refractivity contribution < 1.29 is 9.90 Å². The number of rotatable bonds is 3. The van der Waals surface area contributed by atoms with Crippen LogP contribution in [0.15, 0.2) is 12.3 Å². The zero-order valence-corrected chi connectivity index (χ0v) is 13.1. The van der Waals surface area contributed by atoms with E-state index in [2.05, 4.69) is 25.8 Å². The Morgan fingerprint density at radius 2 is 2.35 bits per heavy atom. The highest BCUT2D eigenvalue weighted by atomic mass is 32.1. The van der Waals surface area contributed by atoms with Gasteiger partial charge in [-0.25, -0.2) is 4.98 Å². The molecule has 5 heteroatoms. The van der Waals surface area contributed by atoms with E-state index in [9.17, 15) is 4.79 Å². The van der Waals surface area contributed by atoms with Crippen LogP contribution in [0, 0.1) is 5.92 Å². The third-order valence-corrected chi connectivity index (χ3v) is 4.80. The summed E-state index contributed by atoms with van der Waals surface area (Å²) in [5.74, 6) is 0.259. The first-order valence-electron chi connectivity index (χ1n) is 6.94. The number of aliphatic hydroxyl groups excluding tert-OH is 1. The van der Waals surface area contributed by atoms with Gasteiger partial charge in [0, 0.05) is 48.2 Å². The number of thiazole rings is 1. The second kappa shape index (κ2) is 6.06. The van der Waals surface area contributed by atoms with E-state index in [1.807, 2.05) is 12.3 Å². The van der Waals surface area contributed by atoms with Crippen LogP contribution in [0.5, 0.6) is 0 Å². The first kappa shape index (κ1) is 15.2. The summed E-state index contributed by atoms with van der Waals surface area (Å²) in [5, 5.41) is 10.2. The molecule has 1 fully saturated rings. The van der Waals surface area contributed by atoms with E-state index < -0.39 is 0 Å². The SMILES string of the molecule is CC(C)(C)c1ncc(/C=C/C(=O)N2CCC(CO)C2)s1. The van der Waals surface area contributed by atoms with Crippen molar-refractivity contribution >= 4 is 23.3 Å². The van der Waals surface area contributed by atoms with E-state index >= 15 is 0 Å². The van der Waals surface area contributed by atoms with Crippen LogP contribution in [-0.2, 0) is 10.2 Å². The largest absolute Gasteiger partial charge is 0.396 e. The number of amides is 1. The predicted molar refractivity (Wildman–Crippen MR) is 81.6 cm³/mol.